The molecule has 0 aromatic carbocycles. The van der Waals surface area contributed by atoms with Crippen molar-refractivity contribution in [2.24, 2.45) is 11.5 Å². The molecule has 0 fully saturated rings. The Kier molecular flexibility index (Phi) is 3.81. The van der Waals surface area contributed by atoms with E-state index >= 15 is 0 Å². The van der Waals surface area contributed by atoms with E-state index < -0.39 is 0 Å². The number of rotatable bonds is 3. The van der Waals surface area contributed by atoms with Crippen LogP contribution >= 0.6 is 0 Å². The van der Waals surface area contributed by atoms with Crippen LogP contribution in [0.2, 0.25) is 0 Å². The van der Waals surface area contributed by atoms with Crippen LogP contribution in [-0.4, -0.2) is 0 Å². The first kappa shape index (κ1) is 9.56. The third-order valence-electron chi connectivity index (χ3n) is 1.14. The molecule has 4 N–H and O–H groups in total. The average Bonchev–Trinajstić information content (AvgIpc) is 1.98. The fraction of sp³-hybridized carbons (Fsp3) is 0.111. The Morgan fingerprint density at radius 3 is 2.18 bits per heavy atom. The smallest absolute Gasteiger partial charge is 0.0382 e. The average molecular weight is 150 g/mol. The fourth-order valence-corrected chi connectivity index (χ4v) is 0.446. The highest BCUT2D eigenvalue weighted by molar-refractivity contribution is 5.36. The van der Waals surface area contributed by atoms with Crippen LogP contribution in [-0.2, 0) is 0 Å². The summed E-state index contributed by atoms with van der Waals surface area (Å²) in [5, 5.41) is 0. The van der Waals surface area contributed by atoms with Gasteiger partial charge in [0.15, 0.2) is 0 Å². The molecule has 2 nitrogen and oxygen atoms in total. The predicted octanol–water partition coefficient (Wildman–Crippen LogP) is 1.43. The predicted molar refractivity (Wildman–Crippen MR) is 49.6 cm³/mol. The van der Waals surface area contributed by atoms with Gasteiger partial charge in [-0.3, -0.25) is 0 Å². The Morgan fingerprint density at radius 1 is 1.27 bits per heavy atom. The lowest BCUT2D eigenvalue weighted by Crippen LogP contribution is -1.98. The molecule has 0 rings (SSSR count). The van der Waals surface area contributed by atoms with Gasteiger partial charge in [0.2, 0.25) is 0 Å². The fourth-order valence-electron chi connectivity index (χ4n) is 0.446. The number of hydrogen-bond acceptors (Lipinski definition) is 2. The molecule has 0 radical (unpaired) electrons. The van der Waals surface area contributed by atoms with Crippen LogP contribution in [0.15, 0.2) is 48.4 Å². The molecule has 0 aromatic heterocycles. The van der Waals surface area contributed by atoms with Gasteiger partial charge in [0.25, 0.3) is 0 Å². The van der Waals surface area contributed by atoms with Gasteiger partial charge < -0.3 is 11.5 Å². The second kappa shape index (κ2) is 4.39. The first-order valence-corrected chi connectivity index (χ1v) is 3.29. The Morgan fingerprint density at radius 2 is 1.82 bits per heavy atom. The molecule has 0 aromatic rings. The monoisotopic (exact) mass is 150 g/mol. The summed E-state index contributed by atoms with van der Waals surface area (Å²) in [6.45, 7) is 9.00. The molecule has 0 aliphatic heterocycles. The molecule has 0 saturated heterocycles. The Balaban J connectivity index is 4.34. The van der Waals surface area contributed by atoms with Gasteiger partial charge in [-0.1, -0.05) is 19.2 Å². The maximum absolute atomic E-state index is 5.57. The van der Waals surface area contributed by atoms with E-state index in [-0.39, 0.29) is 0 Å². The van der Waals surface area contributed by atoms with Crippen LogP contribution in [0.1, 0.15) is 6.92 Å². The van der Waals surface area contributed by atoms with Crippen molar-refractivity contribution in [3.63, 3.8) is 0 Å². The minimum Gasteiger partial charge on any atom is -0.402 e. The second-order valence-electron chi connectivity index (χ2n) is 2.26. The van der Waals surface area contributed by atoms with Crippen molar-refractivity contribution >= 4 is 0 Å². The lowest BCUT2D eigenvalue weighted by Gasteiger charge is -1.96. The normalized spacial score (nSPS) is 12.8. The molecule has 0 amide bonds. The molecule has 0 unspecified atom stereocenters. The van der Waals surface area contributed by atoms with Crippen molar-refractivity contribution in [2.75, 3.05) is 0 Å². The van der Waals surface area contributed by atoms with E-state index in [1.54, 1.807) is 25.2 Å². The van der Waals surface area contributed by atoms with Crippen molar-refractivity contribution in [1.82, 2.24) is 0 Å². The highest BCUT2D eigenvalue weighted by Gasteiger charge is 1.88. The van der Waals surface area contributed by atoms with Gasteiger partial charge in [0.1, 0.15) is 0 Å². The Bertz CT molecular complexity index is 218. The topological polar surface area (TPSA) is 52.0 Å². The van der Waals surface area contributed by atoms with Crippen molar-refractivity contribution in [3.05, 3.63) is 48.4 Å². The van der Waals surface area contributed by atoms with Crippen molar-refractivity contribution in [1.29, 1.82) is 0 Å². The van der Waals surface area contributed by atoms with Gasteiger partial charge >= 0.3 is 0 Å². The molecule has 0 heterocycles. The van der Waals surface area contributed by atoms with Gasteiger partial charge in [0, 0.05) is 11.4 Å². The van der Waals surface area contributed by atoms with Crippen LogP contribution < -0.4 is 11.5 Å². The van der Waals surface area contributed by atoms with E-state index in [1.807, 2.05) is 0 Å². The van der Waals surface area contributed by atoms with Gasteiger partial charge in [-0.05, 0) is 24.6 Å². The van der Waals surface area contributed by atoms with E-state index in [2.05, 4.69) is 13.2 Å². The summed E-state index contributed by atoms with van der Waals surface area (Å²) in [6.07, 6.45) is 5.04. The molecule has 0 saturated carbocycles. The molecule has 0 aliphatic carbocycles. The third-order valence-corrected chi connectivity index (χ3v) is 1.14. The summed E-state index contributed by atoms with van der Waals surface area (Å²) < 4.78 is 0. The van der Waals surface area contributed by atoms with E-state index in [4.69, 9.17) is 11.5 Å². The van der Waals surface area contributed by atoms with Gasteiger partial charge in [-0.15, -0.1) is 0 Å². The van der Waals surface area contributed by atoms with Gasteiger partial charge in [-0.2, -0.15) is 0 Å². The molecule has 0 atom stereocenters. The third kappa shape index (κ3) is 4.03. The lowest BCUT2D eigenvalue weighted by atomic mass is 10.2. The quantitative estimate of drug-likeness (QED) is 0.598. The van der Waals surface area contributed by atoms with E-state index in [0.29, 0.717) is 17.0 Å². The first-order valence-electron chi connectivity index (χ1n) is 3.29. The zero-order chi connectivity index (χ0) is 8.85. The molecule has 11 heavy (non-hydrogen) atoms. The minimum absolute atomic E-state index is 0.588. The molecular formula is C9H14N2. The Labute approximate surface area is 67.6 Å². The number of allylic oxidation sites excluding steroid dienone is 4. The minimum atomic E-state index is 0.588. The highest BCUT2D eigenvalue weighted by atomic mass is 14.6. The molecule has 0 spiro atoms. The second-order valence-corrected chi connectivity index (χ2v) is 2.26. The summed E-state index contributed by atoms with van der Waals surface area (Å²) in [4.78, 5) is 0. The number of hydrogen-bond donors (Lipinski definition) is 2. The van der Waals surface area contributed by atoms with E-state index in [9.17, 15) is 0 Å². The van der Waals surface area contributed by atoms with Crippen LogP contribution in [0.4, 0.5) is 0 Å². The summed E-state index contributed by atoms with van der Waals surface area (Å²) in [5.41, 5.74) is 13.0. The zero-order valence-corrected chi connectivity index (χ0v) is 6.80. The Hall–Kier alpha value is -1.44. The van der Waals surface area contributed by atoms with Crippen LogP contribution in [0.3, 0.4) is 0 Å². The SMILES string of the molecule is C=CC(=C)/C(N)=C/C=C(/C)N. The van der Waals surface area contributed by atoms with E-state index in [1.165, 1.54) is 0 Å². The summed E-state index contributed by atoms with van der Waals surface area (Å²) in [7, 11) is 0. The standard InChI is InChI=1S/C9H14N2/c1-4-7(2)9(11)6-5-8(3)10/h4-6H,1-2,10-11H2,3H3/b8-5-,9-6-. The summed E-state index contributed by atoms with van der Waals surface area (Å²) in [5.74, 6) is 0. The lowest BCUT2D eigenvalue weighted by molar-refractivity contribution is 1.30. The summed E-state index contributed by atoms with van der Waals surface area (Å²) in [6, 6.07) is 0. The molecular weight excluding hydrogens is 136 g/mol. The van der Waals surface area contributed by atoms with Gasteiger partial charge in [0.05, 0.1) is 0 Å². The maximum atomic E-state index is 5.57. The van der Waals surface area contributed by atoms with E-state index in [0.717, 1.165) is 0 Å². The van der Waals surface area contributed by atoms with Crippen LogP contribution in [0.25, 0.3) is 0 Å². The van der Waals surface area contributed by atoms with Crippen LogP contribution in [0, 0.1) is 0 Å². The van der Waals surface area contributed by atoms with Crippen molar-refractivity contribution < 1.29 is 0 Å². The molecule has 0 aliphatic rings. The van der Waals surface area contributed by atoms with Crippen molar-refractivity contribution in [3.8, 4) is 0 Å². The van der Waals surface area contributed by atoms with Gasteiger partial charge in [-0.25, -0.2) is 0 Å². The molecule has 2 heteroatoms. The van der Waals surface area contributed by atoms with Crippen LogP contribution in [0.5, 0.6) is 0 Å². The highest BCUT2D eigenvalue weighted by Crippen LogP contribution is 2.01. The summed E-state index contributed by atoms with van der Waals surface area (Å²) >= 11 is 0. The largest absolute Gasteiger partial charge is 0.402 e. The number of nitrogens with two attached hydrogens (primary N) is 2. The molecule has 0 bridgehead atoms. The molecule has 60 valence electrons. The zero-order valence-electron chi connectivity index (χ0n) is 6.80. The maximum Gasteiger partial charge on any atom is 0.0382 e. The van der Waals surface area contributed by atoms with Crippen molar-refractivity contribution in [2.45, 2.75) is 6.92 Å². The first-order chi connectivity index (χ1) is 5.07.